The highest BCUT2D eigenvalue weighted by molar-refractivity contribution is 9.10. The molecule has 0 radical (unpaired) electrons. The van der Waals surface area contributed by atoms with Crippen molar-refractivity contribution in [3.8, 4) is 0 Å². The molecule has 2 nitrogen and oxygen atoms in total. The zero-order valence-corrected chi connectivity index (χ0v) is 9.05. The first-order valence-electron chi connectivity index (χ1n) is 4.37. The quantitative estimate of drug-likeness (QED) is 0.839. The van der Waals surface area contributed by atoms with Gasteiger partial charge in [0.25, 0.3) is 0 Å². The van der Waals surface area contributed by atoms with Gasteiger partial charge in [-0.1, -0.05) is 6.07 Å². The Bertz CT molecular complexity index is 348. The summed E-state index contributed by atoms with van der Waals surface area (Å²) in [6, 6.07) is 4.54. The first kappa shape index (κ1) is 10.1. The summed E-state index contributed by atoms with van der Waals surface area (Å²) in [4.78, 5) is 0. The fourth-order valence-electron chi connectivity index (χ4n) is 1.57. The van der Waals surface area contributed by atoms with Crippen LogP contribution in [0.3, 0.4) is 0 Å². The van der Waals surface area contributed by atoms with Crippen molar-refractivity contribution < 1.29 is 14.2 Å². The van der Waals surface area contributed by atoms with E-state index in [1.807, 2.05) is 0 Å². The molecule has 0 aliphatic carbocycles. The minimum absolute atomic E-state index is 0.283. The van der Waals surface area contributed by atoms with E-state index in [0.717, 1.165) is 0 Å². The Morgan fingerprint density at radius 1 is 1.50 bits per heavy atom. The van der Waals surface area contributed by atoms with Gasteiger partial charge in [-0.15, -0.1) is 0 Å². The van der Waals surface area contributed by atoms with Gasteiger partial charge in [0.2, 0.25) is 0 Å². The van der Waals surface area contributed by atoms with Crippen molar-refractivity contribution in [2.75, 3.05) is 13.2 Å². The predicted octanol–water partition coefficient (Wildman–Crippen LogP) is 2.20. The summed E-state index contributed by atoms with van der Waals surface area (Å²) in [5, 5.41) is 10.1. The highest BCUT2D eigenvalue weighted by atomic mass is 79.9. The van der Waals surface area contributed by atoms with Gasteiger partial charge in [-0.05, 0) is 33.6 Å². The first-order valence-corrected chi connectivity index (χ1v) is 5.17. The van der Waals surface area contributed by atoms with Crippen molar-refractivity contribution in [2.24, 2.45) is 0 Å². The molecule has 1 fully saturated rings. The number of benzene rings is 1. The molecule has 0 aromatic heterocycles. The molecule has 1 unspecified atom stereocenters. The van der Waals surface area contributed by atoms with Gasteiger partial charge < -0.3 is 9.84 Å². The lowest BCUT2D eigenvalue weighted by molar-refractivity contribution is 0.0231. The van der Waals surface area contributed by atoms with Gasteiger partial charge in [-0.25, -0.2) is 4.39 Å². The second-order valence-corrected chi connectivity index (χ2v) is 4.32. The van der Waals surface area contributed by atoms with Gasteiger partial charge in [0.1, 0.15) is 11.4 Å². The summed E-state index contributed by atoms with van der Waals surface area (Å²) in [7, 11) is 0. The highest BCUT2D eigenvalue weighted by Gasteiger charge is 2.34. The van der Waals surface area contributed by atoms with E-state index in [2.05, 4.69) is 15.9 Å². The zero-order valence-electron chi connectivity index (χ0n) is 7.46. The average molecular weight is 261 g/mol. The third-order valence-corrected chi connectivity index (χ3v) is 3.07. The molecule has 1 heterocycles. The highest BCUT2D eigenvalue weighted by Crippen LogP contribution is 2.32. The number of hydrogen-bond acceptors (Lipinski definition) is 2. The molecule has 1 aromatic rings. The fraction of sp³-hybridized carbons (Fsp3) is 0.400. The fourth-order valence-corrected chi connectivity index (χ4v) is 1.95. The van der Waals surface area contributed by atoms with Crippen LogP contribution in [-0.4, -0.2) is 18.3 Å². The Morgan fingerprint density at radius 2 is 2.29 bits per heavy atom. The maximum atomic E-state index is 13.0. The standard InChI is InChI=1S/C10H10BrFO2/c11-8-5-7(1-2-9(8)12)10(13)3-4-14-6-10/h1-2,5,13H,3-4,6H2. The molecule has 14 heavy (non-hydrogen) atoms. The topological polar surface area (TPSA) is 29.5 Å². The SMILES string of the molecule is OC1(c2ccc(F)c(Br)c2)CCOC1. The smallest absolute Gasteiger partial charge is 0.137 e. The van der Waals surface area contributed by atoms with Crippen LogP contribution in [0.25, 0.3) is 0 Å². The molecule has 1 atom stereocenters. The van der Waals surface area contributed by atoms with Crippen LogP contribution < -0.4 is 0 Å². The van der Waals surface area contributed by atoms with Gasteiger partial charge in [-0.3, -0.25) is 0 Å². The molecule has 0 saturated carbocycles. The van der Waals surface area contributed by atoms with Crippen LogP contribution in [0.2, 0.25) is 0 Å². The third kappa shape index (κ3) is 1.69. The molecular formula is C10H10BrFO2. The molecule has 0 amide bonds. The maximum absolute atomic E-state index is 13.0. The van der Waals surface area contributed by atoms with Gasteiger partial charge in [0.15, 0.2) is 0 Å². The van der Waals surface area contributed by atoms with Crippen LogP contribution in [0.4, 0.5) is 4.39 Å². The molecule has 1 saturated heterocycles. The molecule has 1 aliphatic heterocycles. The molecule has 0 bridgehead atoms. The Balaban J connectivity index is 2.36. The van der Waals surface area contributed by atoms with Crippen molar-refractivity contribution in [1.82, 2.24) is 0 Å². The van der Waals surface area contributed by atoms with E-state index in [1.165, 1.54) is 6.07 Å². The second kappa shape index (κ2) is 3.61. The molecule has 2 rings (SSSR count). The van der Waals surface area contributed by atoms with Crippen molar-refractivity contribution in [3.05, 3.63) is 34.1 Å². The van der Waals surface area contributed by atoms with Gasteiger partial charge >= 0.3 is 0 Å². The summed E-state index contributed by atoms with van der Waals surface area (Å²) in [5.74, 6) is -0.323. The lowest BCUT2D eigenvalue weighted by Gasteiger charge is -2.20. The lowest BCUT2D eigenvalue weighted by Crippen LogP contribution is -2.25. The molecule has 76 valence electrons. The van der Waals surface area contributed by atoms with Gasteiger partial charge in [0, 0.05) is 13.0 Å². The van der Waals surface area contributed by atoms with Crippen LogP contribution in [0.1, 0.15) is 12.0 Å². The molecule has 1 N–H and O–H groups in total. The second-order valence-electron chi connectivity index (χ2n) is 3.46. The van der Waals surface area contributed by atoms with Gasteiger partial charge in [0.05, 0.1) is 11.1 Å². The first-order chi connectivity index (χ1) is 6.62. The summed E-state index contributed by atoms with van der Waals surface area (Å²) < 4.78 is 18.4. The number of hydrogen-bond donors (Lipinski definition) is 1. The van der Waals surface area contributed by atoms with Gasteiger partial charge in [-0.2, -0.15) is 0 Å². The van der Waals surface area contributed by atoms with E-state index >= 15 is 0 Å². The van der Waals surface area contributed by atoms with Crippen LogP contribution in [0, 0.1) is 5.82 Å². The molecular weight excluding hydrogens is 251 g/mol. The van der Waals surface area contributed by atoms with E-state index in [4.69, 9.17) is 4.74 Å². The molecule has 4 heteroatoms. The summed E-state index contributed by atoms with van der Waals surface area (Å²) >= 11 is 3.09. The number of aliphatic hydroxyl groups is 1. The van der Waals surface area contributed by atoms with E-state index in [0.29, 0.717) is 23.1 Å². The lowest BCUT2D eigenvalue weighted by atomic mass is 9.93. The Hall–Kier alpha value is -0.450. The monoisotopic (exact) mass is 260 g/mol. The Labute approximate surface area is 89.8 Å². The normalized spacial score (nSPS) is 26.8. The zero-order chi connectivity index (χ0) is 10.2. The summed E-state index contributed by atoms with van der Waals surface area (Å²) in [6.07, 6.45) is 0.561. The summed E-state index contributed by atoms with van der Waals surface area (Å²) in [6.45, 7) is 0.830. The maximum Gasteiger partial charge on any atom is 0.137 e. The van der Waals surface area contributed by atoms with Crippen molar-refractivity contribution in [2.45, 2.75) is 12.0 Å². The van der Waals surface area contributed by atoms with Crippen molar-refractivity contribution in [1.29, 1.82) is 0 Å². The van der Waals surface area contributed by atoms with Crippen LogP contribution >= 0.6 is 15.9 Å². The minimum atomic E-state index is -0.948. The van der Waals surface area contributed by atoms with E-state index < -0.39 is 5.60 Å². The summed E-state index contributed by atoms with van der Waals surface area (Å²) in [5.41, 5.74) is -0.251. The number of halogens is 2. The van der Waals surface area contributed by atoms with E-state index in [-0.39, 0.29) is 12.4 Å². The molecule has 1 aromatic carbocycles. The predicted molar refractivity (Wildman–Crippen MR) is 53.4 cm³/mol. The third-order valence-electron chi connectivity index (χ3n) is 2.46. The average Bonchev–Trinajstić information content (AvgIpc) is 2.58. The van der Waals surface area contributed by atoms with Crippen molar-refractivity contribution >= 4 is 15.9 Å². The van der Waals surface area contributed by atoms with Crippen LogP contribution in [0.5, 0.6) is 0 Å². The van der Waals surface area contributed by atoms with Crippen LogP contribution in [0.15, 0.2) is 22.7 Å². The van der Waals surface area contributed by atoms with Crippen LogP contribution in [-0.2, 0) is 10.3 Å². The molecule has 1 aliphatic rings. The minimum Gasteiger partial charge on any atom is -0.383 e. The number of ether oxygens (including phenoxy) is 1. The van der Waals surface area contributed by atoms with E-state index in [9.17, 15) is 9.50 Å². The Morgan fingerprint density at radius 3 is 2.86 bits per heavy atom. The van der Waals surface area contributed by atoms with E-state index in [1.54, 1.807) is 12.1 Å². The number of rotatable bonds is 1. The Kier molecular flexibility index (Phi) is 2.60. The molecule has 0 spiro atoms. The van der Waals surface area contributed by atoms with Crippen molar-refractivity contribution in [3.63, 3.8) is 0 Å². The largest absolute Gasteiger partial charge is 0.383 e.